The van der Waals surface area contributed by atoms with E-state index in [-0.39, 0.29) is 17.4 Å². The van der Waals surface area contributed by atoms with Gasteiger partial charge in [0.05, 0.1) is 12.3 Å². The number of carbonyl (C=O) groups excluding carboxylic acids is 1. The third-order valence-electron chi connectivity index (χ3n) is 4.42. The van der Waals surface area contributed by atoms with Crippen molar-refractivity contribution < 1.29 is 9.90 Å². The van der Waals surface area contributed by atoms with Crippen LogP contribution in [0, 0.1) is 0 Å². The van der Waals surface area contributed by atoms with Crippen LogP contribution in [0.3, 0.4) is 0 Å². The Bertz CT molecular complexity index is 1110. The number of nitrogens with zero attached hydrogens (tertiary/aromatic N) is 3. The molecular weight excluding hydrogens is 396 g/mol. The Balaban J connectivity index is 1.55. The molecule has 150 valence electrons. The summed E-state index contributed by atoms with van der Waals surface area (Å²) in [6.45, 7) is 0.576. The normalized spacial score (nSPS) is 10.7. The number of aromatic nitrogens is 3. The van der Waals surface area contributed by atoms with E-state index >= 15 is 0 Å². The zero-order chi connectivity index (χ0) is 20.8. The molecule has 0 bridgehead atoms. The van der Waals surface area contributed by atoms with Crippen molar-refractivity contribution in [2.45, 2.75) is 11.7 Å². The van der Waals surface area contributed by atoms with E-state index in [9.17, 15) is 9.90 Å². The number of anilines is 1. The topological polar surface area (TPSA) is 80.0 Å². The summed E-state index contributed by atoms with van der Waals surface area (Å²) >= 11 is 1.34. The van der Waals surface area contributed by atoms with E-state index in [1.165, 1.54) is 11.8 Å². The van der Waals surface area contributed by atoms with Crippen molar-refractivity contribution in [3.8, 4) is 17.1 Å². The van der Waals surface area contributed by atoms with Gasteiger partial charge in [0.1, 0.15) is 5.75 Å². The van der Waals surface area contributed by atoms with Gasteiger partial charge in [0, 0.05) is 11.3 Å². The van der Waals surface area contributed by atoms with Crippen LogP contribution in [-0.2, 0) is 11.3 Å². The number of hydrogen-bond acceptors (Lipinski definition) is 5. The standard InChI is InChI=1S/C23H20N4O2S/c28-20-13-11-18(12-14-20)22-25-26-23(27(22)15-17-7-3-1-4-8-17)30-16-21(29)24-19-9-5-2-6-10-19/h1-14,28H,15-16H2,(H,24,29). The molecule has 0 spiro atoms. The first-order chi connectivity index (χ1) is 14.7. The van der Waals surface area contributed by atoms with Crippen molar-refractivity contribution in [3.05, 3.63) is 90.5 Å². The summed E-state index contributed by atoms with van der Waals surface area (Å²) in [4.78, 5) is 12.4. The maximum absolute atomic E-state index is 12.4. The monoisotopic (exact) mass is 416 g/mol. The van der Waals surface area contributed by atoms with Crippen molar-refractivity contribution in [2.24, 2.45) is 0 Å². The molecule has 0 unspecified atom stereocenters. The number of carbonyl (C=O) groups is 1. The van der Waals surface area contributed by atoms with Gasteiger partial charge in [-0.3, -0.25) is 9.36 Å². The van der Waals surface area contributed by atoms with Gasteiger partial charge in [-0.2, -0.15) is 0 Å². The minimum absolute atomic E-state index is 0.105. The van der Waals surface area contributed by atoms with Gasteiger partial charge in [-0.15, -0.1) is 10.2 Å². The highest BCUT2D eigenvalue weighted by Gasteiger charge is 2.16. The highest BCUT2D eigenvalue weighted by atomic mass is 32.2. The zero-order valence-electron chi connectivity index (χ0n) is 16.1. The molecule has 0 atom stereocenters. The van der Waals surface area contributed by atoms with Crippen LogP contribution in [0.4, 0.5) is 5.69 Å². The number of phenols is 1. The van der Waals surface area contributed by atoms with Crippen LogP contribution in [0.25, 0.3) is 11.4 Å². The second kappa shape index (κ2) is 9.28. The van der Waals surface area contributed by atoms with Gasteiger partial charge < -0.3 is 10.4 Å². The van der Waals surface area contributed by atoms with Gasteiger partial charge in [-0.1, -0.05) is 60.3 Å². The number of amides is 1. The summed E-state index contributed by atoms with van der Waals surface area (Å²) < 4.78 is 1.99. The summed E-state index contributed by atoms with van der Waals surface area (Å²) in [5.74, 6) is 0.994. The minimum atomic E-state index is -0.105. The van der Waals surface area contributed by atoms with E-state index in [2.05, 4.69) is 15.5 Å². The fraction of sp³-hybridized carbons (Fsp3) is 0.0870. The van der Waals surface area contributed by atoms with Crippen molar-refractivity contribution in [3.63, 3.8) is 0 Å². The molecule has 4 aromatic rings. The van der Waals surface area contributed by atoms with Crippen molar-refractivity contribution in [1.82, 2.24) is 14.8 Å². The lowest BCUT2D eigenvalue weighted by molar-refractivity contribution is -0.113. The first kappa shape index (κ1) is 19.7. The van der Waals surface area contributed by atoms with E-state index in [4.69, 9.17) is 0 Å². The van der Waals surface area contributed by atoms with Gasteiger partial charge in [0.15, 0.2) is 11.0 Å². The Hall–Kier alpha value is -3.58. The number of hydrogen-bond donors (Lipinski definition) is 2. The summed E-state index contributed by atoms with van der Waals surface area (Å²) in [7, 11) is 0. The Morgan fingerprint density at radius 3 is 2.27 bits per heavy atom. The lowest BCUT2D eigenvalue weighted by atomic mass is 10.2. The van der Waals surface area contributed by atoms with Crippen LogP contribution in [0.5, 0.6) is 5.75 Å². The number of aromatic hydroxyl groups is 1. The Morgan fingerprint density at radius 2 is 1.57 bits per heavy atom. The summed E-state index contributed by atoms with van der Waals surface area (Å²) in [6.07, 6.45) is 0. The summed E-state index contributed by atoms with van der Waals surface area (Å²) in [5.41, 5.74) is 2.71. The molecule has 1 aromatic heterocycles. The van der Waals surface area contributed by atoms with Crippen LogP contribution >= 0.6 is 11.8 Å². The molecular formula is C23H20N4O2S. The Labute approximate surface area is 178 Å². The molecule has 0 aliphatic rings. The van der Waals surface area contributed by atoms with Crippen LogP contribution in [-0.4, -0.2) is 31.5 Å². The number of para-hydroxylation sites is 1. The molecule has 1 amide bonds. The molecule has 3 aromatic carbocycles. The molecule has 0 aliphatic carbocycles. The largest absolute Gasteiger partial charge is 0.508 e. The molecule has 4 rings (SSSR count). The number of phenolic OH excluding ortho intramolecular Hbond substituents is 1. The number of rotatable bonds is 7. The Kier molecular flexibility index (Phi) is 6.10. The lowest BCUT2D eigenvalue weighted by Gasteiger charge is -2.11. The molecule has 0 aliphatic heterocycles. The first-order valence-corrected chi connectivity index (χ1v) is 10.4. The van der Waals surface area contributed by atoms with Crippen LogP contribution in [0.1, 0.15) is 5.56 Å². The number of nitrogens with one attached hydrogen (secondary N) is 1. The number of thioether (sulfide) groups is 1. The molecule has 7 heteroatoms. The van der Waals surface area contributed by atoms with E-state index < -0.39 is 0 Å². The highest BCUT2D eigenvalue weighted by Crippen LogP contribution is 2.26. The van der Waals surface area contributed by atoms with E-state index in [1.54, 1.807) is 24.3 Å². The van der Waals surface area contributed by atoms with Crippen LogP contribution in [0.15, 0.2) is 90.1 Å². The second-order valence-corrected chi connectivity index (χ2v) is 7.57. The highest BCUT2D eigenvalue weighted by molar-refractivity contribution is 7.99. The second-order valence-electron chi connectivity index (χ2n) is 6.63. The third-order valence-corrected chi connectivity index (χ3v) is 5.38. The molecule has 0 saturated carbocycles. The quantitative estimate of drug-likeness (QED) is 0.436. The molecule has 30 heavy (non-hydrogen) atoms. The Morgan fingerprint density at radius 1 is 0.900 bits per heavy atom. The number of benzene rings is 3. The van der Waals surface area contributed by atoms with Crippen LogP contribution in [0.2, 0.25) is 0 Å². The fourth-order valence-electron chi connectivity index (χ4n) is 2.98. The minimum Gasteiger partial charge on any atom is -0.508 e. The van der Waals surface area contributed by atoms with Gasteiger partial charge in [0.2, 0.25) is 5.91 Å². The molecule has 6 nitrogen and oxygen atoms in total. The van der Waals surface area contributed by atoms with Crippen molar-refractivity contribution >= 4 is 23.4 Å². The van der Waals surface area contributed by atoms with Crippen molar-refractivity contribution in [2.75, 3.05) is 11.1 Å². The SMILES string of the molecule is O=C(CSc1nnc(-c2ccc(O)cc2)n1Cc1ccccc1)Nc1ccccc1. The van der Waals surface area contributed by atoms with E-state index in [0.717, 1.165) is 16.8 Å². The van der Waals surface area contributed by atoms with Gasteiger partial charge in [-0.25, -0.2) is 0 Å². The molecule has 1 heterocycles. The maximum Gasteiger partial charge on any atom is 0.234 e. The average molecular weight is 417 g/mol. The molecule has 0 fully saturated rings. The third kappa shape index (κ3) is 4.87. The lowest BCUT2D eigenvalue weighted by Crippen LogP contribution is -2.14. The summed E-state index contributed by atoms with van der Waals surface area (Å²) in [5, 5.41) is 21.8. The molecule has 0 radical (unpaired) electrons. The van der Waals surface area contributed by atoms with E-state index in [1.807, 2.05) is 65.2 Å². The molecule has 0 saturated heterocycles. The molecule has 2 N–H and O–H groups in total. The van der Waals surface area contributed by atoms with Crippen molar-refractivity contribution in [1.29, 1.82) is 0 Å². The zero-order valence-corrected chi connectivity index (χ0v) is 16.9. The van der Waals surface area contributed by atoms with Gasteiger partial charge in [0.25, 0.3) is 0 Å². The predicted octanol–water partition coefficient (Wildman–Crippen LogP) is 4.43. The maximum atomic E-state index is 12.4. The smallest absolute Gasteiger partial charge is 0.234 e. The van der Waals surface area contributed by atoms with Gasteiger partial charge in [-0.05, 0) is 42.0 Å². The van der Waals surface area contributed by atoms with Crippen LogP contribution < -0.4 is 5.32 Å². The average Bonchev–Trinajstić information content (AvgIpc) is 3.16. The van der Waals surface area contributed by atoms with Gasteiger partial charge >= 0.3 is 0 Å². The predicted molar refractivity (Wildman–Crippen MR) is 118 cm³/mol. The fourth-order valence-corrected chi connectivity index (χ4v) is 3.71. The summed E-state index contributed by atoms with van der Waals surface area (Å²) in [6, 6.07) is 26.2. The van der Waals surface area contributed by atoms with E-state index in [0.29, 0.717) is 17.5 Å². The first-order valence-electron chi connectivity index (χ1n) is 9.43.